The van der Waals surface area contributed by atoms with Crippen molar-refractivity contribution >= 4 is 17.2 Å². The molecule has 0 radical (unpaired) electrons. The van der Waals surface area contributed by atoms with Crippen molar-refractivity contribution in [3.05, 3.63) is 89.9 Å². The molecule has 1 amide bonds. The summed E-state index contributed by atoms with van der Waals surface area (Å²) >= 11 is 0. The van der Waals surface area contributed by atoms with E-state index in [-0.39, 0.29) is 5.91 Å². The number of para-hydroxylation sites is 1. The zero-order valence-corrected chi connectivity index (χ0v) is 15.8. The number of nitrogens with one attached hydrogen (secondary N) is 1. The number of nitrogens with zero attached hydrogens (tertiary/aromatic N) is 2. The number of imidazole rings is 1. The topological polar surface area (TPSA) is 55.6 Å². The lowest BCUT2D eigenvalue weighted by molar-refractivity contribution is 0.102. The van der Waals surface area contributed by atoms with Gasteiger partial charge in [-0.15, -0.1) is 0 Å². The van der Waals surface area contributed by atoms with Gasteiger partial charge in [0.1, 0.15) is 22.8 Å². The molecule has 0 spiro atoms. The van der Waals surface area contributed by atoms with Crippen LogP contribution in [0, 0.1) is 6.92 Å². The molecule has 0 atom stereocenters. The summed E-state index contributed by atoms with van der Waals surface area (Å²) in [6.45, 7) is 4.00. The highest BCUT2D eigenvalue weighted by atomic mass is 16.5. The Morgan fingerprint density at radius 1 is 1.00 bits per heavy atom. The van der Waals surface area contributed by atoms with Gasteiger partial charge >= 0.3 is 0 Å². The zero-order valence-electron chi connectivity index (χ0n) is 15.8. The molecule has 1 N–H and O–H groups in total. The van der Waals surface area contributed by atoms with Gasteiger partial charge in [0.15, 0.2) is 0 Å². The number of rotatable bonds is 5. The maximum absolute atomic E-state index is 13.0. The number of amides is 1. The highest BCUT2D eigenvalue weighted by Gasteiger charge is 2.19. The molecule has 5 nitrogen and oxygen atoms in total. The summed E-state index contributed by atoms with van der Waals surface area (Å²) in [5.74, 6) is 1.31. The zero-order chi connectivity index (χ0) is 19.5. The Morgan fingerprint density at radius 2 is 1.71 bits per heavy atom. The molecular weight excluding hydrogens is 350 g/mol. The van der Waals surface area contributed by atoms with Gasteiger partial charge in [0.25, 0.3) is 5.91 Å². The van der Waals surface area contributed by atoms with Crippen molar-refractivity contribution in [2.45, 2.75) is 20.3 Å². The Labute approximate surface area is 163 Å². The molecule has 2 heterocycles. The highest BCUT2D eigenvalue weighted by Crippen LogP contribution is 2.23. The summed E-state index contributed by atoms with van der Waals surface area (Å²) in [4.78, 5) is 17.6. The molecule has 140 valence electrons. The van der Waals surface area contributed by atoms with Crippen molar-refractivity contribution < 1.29 is 9.53 Å². The van der Waals surface area contributed by atoms with Gasteiger partial charge in [0.05, 0.1) is 5.69 Å². The highest BCUT2D eigenvalue weighted by molar-refractivity contribution is 6.04. The molecule has 0 fully saturated rings. The van der Waals surface area contributed by atoms with Crippen LogP contribution in [0.2, 0.25) is 0 Å². The maximum atomic E-state index is 13.0. The van der Waals surface area contributed by atoms with E-state index >= 15 is 0 Å². The van der Waals surface area contributed by atoms with Gasteiger partial charge in [0.2, 0.25) is 0 Å². The van der Waals surface area contributed by atoms with Crippen molar-refractivity contribution in [1.29, 1.82) is 0 Å². The second-order valence-corrected chi connectivity index (χ2v) is 6.54. The van der Waals surface area contributed by atoms with Crippen LogP contribution in [0.1, 0.15) is 28.7 Å². The molecule has 0 unspecified atom stereocenters. The van der Waals surface area contributed by atoms with E-state index in [0.29, 0.717) is 23.6 Å². The standard InChI is InChI=1S/C23H21N3O2/c1-3-20-21(26-15-7-8-16(2)22(26)25-20)23(27)24-17-11-13-19(14-12-17)28-18-9-5-4-6-10-18/h4-15H,3H2,1-2H3,(H,24,27). The van der Waals surface area contributed by atoms with Crippen LogP contribution in [0.25, 0.3) is 5.65 Å². The van der Waals surface area contributed by atoms with Gasteiger partial charge in [0, 0.05) is 11.9 Å². The van der Waals surface area contributed by atoms with Crippen molar-refractivity contribution in [1.82, 2.24) is 9.38 Å². The number of anilines is 1. The Morgan fingerprint density at radius 3 is 2.43 bits per heavy atom. The fourth-order valence-corrected chi connectivity index (χ4v) is 3.16. The van der Waals surface area contributed by atoms with Crippen LogP contribution in [0.5, 0.6) is 11.5 Å². The Bertz CT molecular complexity index is 1120. The lowest BCUT2D eigenvalue weighted by Crippen LogP contribution is -2.16. The molecule has 2 aromatic heterocycles. The van der Waals surface area contributed by atoms with E-state index in [1.807, 2.05) is 91.2 Å². The number of hydrogen-bond acceptors (Lipinski definition) is 3. The minimum Gasteiger partial charge on any atom is -0.457 e. The van der Waals surface area contributed by atoms with Gasteiger partial charge < -0.3 is 10.1 Å². The summed E-state index contributed by atoms with van der Waals surface area (Å²) < 4.78 is 7.65. The molecule has 0 saturated heterocycles. The molecule has 28 heavy (non-hydrogen) atoms. The number of aromatic nitrogens is 2. The minimum absolute atomic E-state index is 0.174. The molecule has 4 aromatic rings. The maximum Gasteiger partial charge on any atom is 0.274 e. The van der Waals surface area contributed by atoms with E-state index in [9.17, 15) is 4.79 Å². The van der Waals surface area contributed by atoms with Gasteiger partial charge in [-0.2, -0.15) is 0 Å². The first-order valence-electron chi connectivity index (χ1n) is 9.26. The number of aryl methyl sites for hydroxylation is 2. The van der Waals surface area contributed by atoms with Gasteiger partial charge in [-0.1, -0.05) is 31.2 Å². The van der Waals surface area contributed by atoms with E-state index < -0.39 is 0 Å². The van der Waals surface area contributed by atoms with Crippen molar-refractivity contribution in [2.75, 3.05) is 5.32 Å². The Balaban J connectivity index is 1.56. The summed E-state index contributed by atoms with van der Waals surface area (Å²) in [5.41, 5.74) is 3.92. The average molecular weight is 371 g/mol. The van der Waals surface area contributed by atoms with Gasteiger partial charge in [-0.25, -0.2) is 4.98 Å². The fraction of sp³-hybridized carbons (Fsp3) is 0.130. The van der Waals surface area contributed by atoms with Crippen LogP contribution < -0.4 is 10.1 Å². The van der Waals surface area contributed by atoms with Crippen LogP contribution in [0.15, 0.2) is 72.9 Å². The second kappa shape index (κ2) is 7.56. The van der Waals surface area contributed by atoms with Crippen LogP contribution in [-0.4, -0.2) is 15.3 Å². The van der Waals surface area contributed by atoms with Crippen molar-refractivity contribution in [3.63, 3.8) is 0 Å². The molecule has 0 aliphatic heterocycles. The molecule has 0 saturated carbocycles. The molecule has 5 heteroatoms. The first-order chi connectivity index (χ1) is 13.7. The first-order valence-corrected chi connectivity index (χ1v) is 9.26. The van der Waals surface area contributed by atoms with E-state index in [0.717, 1.165) is 22.7 Å². The smallest absolute Gasteiger partial charge is 0.274 e. The number of ether oxygens (including phenoxy) is 1. The summed E-state index contributed by atoms with van der Waals surface area (Å²) in [5, 5.41) is 2.97. The Hall–Kier alpha value is -3.60. The number of carbonyl (C=O) groups excluding carboxylic acids is 1. The lowest BCUT2D eigenvalue weighted by atomic mass is 10.2. The van der Waals surface area contributed by atoms with Crippen molar-refractivity contribution in [3.8, 4) is 11.5 Å². The second-order valence-electron chi connectivity index (χ2n) is 6.54. The predicted molar refractivity (Wildman–Crippen MR) is 110 cm³/mol. The van der Waals surface area contributed by atoms with E-state index in [4.69, 9.17) is 4.74 Å². The monoisotopic (exact) mass is 371 g/mol. The normalized spacial score (nSPS) is 10.8. The number of benzene rings is 2. The van der Waals surface area contributed by atoms with E-state index in [1.54, 1.807) is 0 Å². The molecule has 2 aromatic carbocycles. The Kier molecular flexibility index (Phi) is 4.81. The van der Waals surface area contributed by atoms with Gasteiger partial charge in [-0.3, -0.25) is 9.20 Å². The van der Waals surface area contributed by atoms with E-state index in [1.165, 1.54) is 0 Å². The summed E-state index contributed by atoms with van der Waals surface area (Å²) in [7, 11) is 0. The lowest BCUT2D eigenvalue weighted by Gasteiger charge is -2.09. The van der Waals surface area contributed by atoms with Crippen LogP contribution in [-0.2, 0) is 6.42 Å². The summed E-state index contributed by atoms with van der Waals surface area (Å²) in [6.07, 6.45) is 2.56. The van der Waals surface area contributed by atoms with Crippen molar-refractivity contribution in [2.24, 2.45) is 0 Å². The largest absolute Gasteiger partial charge is 0.457 e. The molecule has 4 rings (SSSR count). The third-order valence-electron chi connectivity index (χ3n) is 4.56. The van der Waals surface area contributed by atoms with E-state index in [2.05, 4.69) is 10.3 Å². The SMILES string of the molecule is CCc1nc2c(C)cccn2c1C(=O)Nc1ccc(Oc2ccccc2)cc1. The third-order valence-corrected chi connectivity index (χ3v) is 4.56. The van der Waals surface area contributed by atoms with Gasteiger partial charge in [-0.05, 0) is 61.4 Å². The third kappa shape index (κ3) is 3.47. The first kappa shape index (κ1) is 17.8. The number of fused-ring (bicyclic) bond motifs is 1. The predicted octanol–water partition coefficient (Wildman–Crippen LogP) is 5.25. The molecule has 0 aliphatic carbocycles. The fourth-order valence-electron chi connectivity index (χ4n) is 3.16. The molecule has 0 aliphatic rings. The average Bonchev–Trinajstić information content (AvgIpc) is 3.10. The number of hydrogen-bond donors (Lipinski definition) is 1. The van der Waals surface area contributed by atoms with Crippen LogP contribution in [0.3, 0.4) is 0 Å². The number of pyridine rings is 1. The quantitative estimate of drug-likeness (QED) is 0.521. The van der Waals surface area contributed by atoms with Crippen LogP contribution in [0.4, 0.5) is 5.69 Å². The minimum atomic E-state index is -0.174. The summed E-state index contributed by atoms with van der Waals surface area (Å²) in [6, 6.07) is 20.8. The number of carbonyl (C=O) groups is 1. The molecule has 0 bridgehead atoms. The van der Waals surface area contributed by atoms with Crippen LogP contribution >= 0.6 is 0 Å². The molecular formula is C23H21N3O2.